The van der Waals surface area contributed by atoms with E-state index in [2.05, 4.69) is 0 Å². The van der Waals surface area contributed by atoms with Crippen LogP contribution in [0.1, 0.15) is 38.5 Å². The van der Waals surface area contributed by atoms with Crippen molar-refractivity contribution < 1.29 is 18.0 Å². The van der Waals surface area contributed by atoms with Gasteiger partial charge in [0.15, 0.2) is 0 Å². The van der Waals surface area contributed by atoms with Crippen LogP contribution in [0.15, 0.2) is 0 Å². The van der Waals surface area contributed by atoms with Gasteiger partial charge in [-0.3, -0.25) is 9.69 Å². The van der Waals surface area contributed by atoms with Crippen molar-refractivity contribution in [2.45, 2.75) is 50.7 Å². The van der Waals surface area contributed by atoms with Gasteiger partial charge in [0.25, 0.3) is 0 Å². The number of halogens is 3. The number of likely N-dealkylation sites (tertiary alicyclic amines) is 1. The van der Waals surface area contributed by atoms with E-state index >= 15 is 0 Å². The van der Waals surface area contributed by atoms with E-state index in [1.807, 2.05) is 4.90 Å². The van der Waals surface area contributed by atoms with Crippen LogP contribution in [0.5, 0.6) is 0 Å². The maximum Gasteiger partial charge on any atom is 0.393 e. The van der Waals surface area contributed by atoms with E-state index in [0.29, 0.717) is 25.8 Å². The van der Waals surface area contributed by atoms with Crippen molar-refractivity contribution in [3.8, 4) is 0 Å². The summed E-state index contributed by atoms with van der Waals surface area (Å²) in [6, 6.07) is 0.0569. The molecule has 2 fully saturated rings. The van der Waals surface area contributed by atoms with Crippen molar-refractivity contribution in [2.24, 2.45) is 5.92 Å². The van der Waals surface area contributed by atoms with Crippen molar-refractivity contribution in [1.29, 1.82) is 0 Å². The molecule has 0 N–H and O–H groups in total. The molecule has 0 aromatic rings. The highest BCUT2D eigenvalue weighted by Gasteiger charge is 2.43. The molecule has 1 heterocycles. The monoisotopic (exact) mass is 249 g/mol. The molecule has 2 nitrogen and oxygen atoms in total. The van der Waals surface area contributed by atoms with Crippen LogP contribution in [0.3, 0.4) is 0 Å². The third-order valence-electron chi connectivity index (χ3n) is 3.89. The number of carbonyl (C=O) groups excluding carboxylic acids is 1. The molecule has 2 atom stereocenters. The number of nitrogens with zero attached hydrogens (tertiary/aromatic N) is 1. The summed E-state index contributed by atoms with van der Waals surface area (Å²) in [5.41, 5.74) is 0. The second-order valence-corrected chi connectivity index (χ2v) is 5.16. The van der Waals surface area contributed by atoms with Crippen molar-refractivity contribution in [2.75, 3.05) is 13.1 Å². The highest BCUT2D eigenvalue weighted by atomic mass is 19.4. The molecule has 0 amide bonds. The van der Waals surface area contributed by atoms with Gasteiger partial charge in [0.05, 0.1) is 5.92 Å². The predicted molar refractivity (Wildman–Crippen MR) is 57.6 cm³/mol. The van der Waals surface area contributed by atoms with Crippen LogP contribution in [0.4, 0.5) is 13.2 Å². The molecular formula is C12H18F3NO. The zero-order valence-corrected chi connectivity index (χ0v) is 9.80. The molecular weight excluding hydrogens is 231 g/mol. The molecule has 0 radical (unpaired) electrons. The Morgan fingerprint density at radius 3 is 2.59 bits per heavy atom. The van der Waals surface area contributed by atoms with E-state index in [0.717, 1.165) is 12.8 Å². The Balaban J connectivity index is 1.95. The molecule has 1 aliphatic carbocycles. The molecule has 0 aromatic carbocycles. The minimum atomic E-state index is -4.09. The highest BCUT2D eigenvalue weighted by molar-refractivity contribution is 5.79. The second kappa shape index (κ2) is 4.96. The molecule has 0 aromatic heterocycles. The topological polar surface area (TPSA) is 20.3 Å². The number of ketones is 1. The van der Waals surface area contributed by atoms with Crippen LogP contribution in [0.2, 0.25) is 0 Å². The van der Waals surface area contributed by atoms with Crippen molar-refractivity contribution in [3.63, 3.8) is 0 Å². The lowest BCUT2D eigenvalue weighted by Gasteiger charge is -2.40. The van der Waals surface area contributed by atoms with E-state index in [1.165, 1.54) is 0 Å². The number of Topliss-reactive ketones (excluding diaryl/α,β-unsaturated/α-hetero) is 1. The van der Waals surface area contributed by atoms with Gasteiger partial charge in [-0.05, 0) is 32.2 Å². The number of carbonyl (C=O) groups is 1. The smallest absolute Gasteiger partial charge is 0.300 e. The van der Waals surface area contributed by atoms with Gasteiger partial charge in [0.2, 0.25) is 0 Å². The van der Waals surface area contributed by atoms with Crippen molar-refractivity contribution in [3.05, 3.63) is 0 Å². The van der Waals surface area contributed by atoms with Gasteiger partial charge >= 0.3 is 6.18 Å². The fraction of sp³-hybridized carbons (Fsp3) is 0.917. The Hall–Kier alpha value is -0.580. The Labute approximate surface area is 99.2 Å². The molecule has 0 spiro atoms. The summed E-state index contributed by atoms with van der Waals surface area (Å²) < 4.78 is 38.0. The van der Waals surface area contributed by atoms with Gasteiger partial charge in [-0.2, -0.15) is 13.2 Å². The first-order valence-electron chi connectivity index (χ1n) is 6.29. The van der Waals surface area contributed by atoms with E-state index < -0.39 is 12.1 Å². The third-order valence-corrected chi connectivity index (χ3v) is 3.89. The van der Waals surface area contributed by atoms with E-state index in [4.69, 9.17) is 0 Å². The first-order chi connectivity index (χ1) is 7.97. The minimum absolute atomic E-state index is 0.0569. The number of rotatable bonds is 1. The van der Waals surface area contributed by atoms with Gasteiger partial charge in [-0.1, -0.05) is 0 Å². The maximum absolute atomic E-state index is 12.7. The highest BCUT2D eigenvalue weighted by Crippen LogP contribution is 2.35. The Kier molecular flexibility index (Phi) is 3.76. The number of hydrogen-bond acceptors (Lipinski definition) is 2. The van der Waals surface area contributed by atoms with Crippen LogP contribution in [0, 0.1) is 5.92 Å². The number of hydrogen-bond donors (Lipinski definition) is 0. The fourth-order valence-corrected chi connectivity index (χ4v) is 2.92. The lowest BCUT2D eigenvalue weighted by Crippen LogP contribution is -2.48. The van der Waals surface area contributed by atoms with Gasteiger partial charge in [-0.25, -0.2) is 0 Å². The molecule has 0 bridgehead atoms. The normalized spacial score (nSPS) is 32.8. The molecule has 1 saturated heterocycles. The zero-order valence-electron chi connectivity index (χ0n) is 9.80. The molecule has 5 heteroatoms. The van der Waals surface area contributed by atoms with Gasteiger partial charge in [-0.15, -0.1) is 0 Å². The molecule has 2 rings (SSSR count). The first kappa shape index (κ1) is 12.9. The fourth-order valence-electron chi connectivity index (χ4n) is 2.92. The van der Waals surface area contributed by atoms with Crippen LogP contribution in [-0.4, -0.2) is 36.0 Å². The average molecular weight is 249 g/mol. The van der Waals surface area contributed by atoms with Crippen LogP contribution < -0.4 is 0 Å². The average Bonchev–Trinajstić information content (AvgIpc) is 2.28. The van der Waals surface area contributed by atoms with Crippen LogP contribution >= 0.6 is 0 Å². The largest absolute Gasteiger partial charge is 0.393 e. The SMILES string of the molecule is O=C1CCCC(N2CCCC(C(F)(F)F)C2)C1. The Bertz CT molecular complexity index is 290. The van der Waals surface area contributed by atoms with Crippen LogP contribution in [-0.2, 0) is 4.79 Å². The molecule has 2 unspecified atom stereocenters. The Morgan fingerprint density at radius 2 is 1.94 bits per heavy atom. The summed E-state index contributed by atoms with van der Waals surface area (Å²) in [5.74, 6) is -0.997. The summed E-state index contributed by atoms with van der Waals surface area (Å²) in [4.78, 5) is 13.2. The summed E-state index contributed by atoms with van der Waals surface area (Å²) in [7, 11) is 0. The van der Waals surface area contributed by atoms with Gasteiger partial charge in [0.1, 0.15) is 5.78 Å². The maximum atomic E-state index is 12.7. The number of alkyl halides is 3. The summed E-state index contributed by atoms with van der Waals surface area (Å²) in [5, 5.41) is 0. The molecule has 1 saturated carbocycles. The molecule has 98 valence electrons. The third kappa shape index (κ3) is 3.21. The second-order valence-electron chi connectivity index (χ2n) is 5.16. The van der Waals surface area contributed by atoms with E-state index in [1.54, 1.807) is 0 Å². The minimum Gasteiger partial charge on any atom is -0.300 e. The predicted octanol–water partition coefficient (Wildman–Crippen LogP) is 2.77. The molecule has 2 aliphatic rings. The van der Waals surface area contributed by atoms with Gasteiger partial charge in [0, 0.05) is 25.4 Å². The Morgan fingerprint density at radius 1 is 1.18 bits per heavy atom. The zero-order chi connectivity index (χ0) is 12.5. The first-order valence-corrected chi connectivity index (χ1v) is 6.29. The van der Waals surface area contributed by atoms with Crippen molar-refractivity contribution >= 4 is 5.78 Å². The van der Waals surface area contributed by atoms with Crippen LogP contribution in [0.25, 0.3) is 0 Å². The molecule has 17 heavy (non-hydrogen) atoms. The summed E-state index contributed by atoms with van der Waals surface area (Å²) >= 11 is 0. The summed E-state index contributed by atoms with van der Waals surface area (Å²) in [6.07, 6.45) is -0.502. The lowest BCUT2D eigenvalue weighted by molar-refractivity contribution is -0.189. The summed E-state index contributed by atoms with van der Waals surface area (Å²) in [6.45, 7) is 0.798. The molecule has 1 aliphatic heterocycles. The number of piperidine rings is 1. The standard InChI is InChI=1S/C12H18F3NO/c13-12(14,15)9-3-2-6-16(8-9)10-4-1-5-11(17)7-10/h9-10H,1-8H2. The van der Waals surface area contributed by atoms with E-state index in [-0.39, 0.29) is 24.8 Å². The lowest BCUT2D eigenvalue weighted by atomic mass is 9.89. The van der Waals surface area contributed by atoms with E-state index in [9.17, 15) is 18.0 Å². The van der Waals surface area contributed by atoms with Crippen molar-refractivity contribution in [1.82, 2.24) is 4.90 Å². The van der Waals surface area contributed by atoms with Gasteiger partial charge < -0.3 is 0 Å². The quantitative estimate of drug-likeness (QED) is 0.712.